The second-order valence-electron chi connectivity index (χ2n) is 9.77. The molecule has 0 radical (unpaired) electrons. The van der Waals surface area contributed by atoms with Crippen LogP contribution in [0.3, 0.4) is 0 Å². The molecule has 7 nitrogen and oxygen atoms in total. The van der Waals surface area contributed by atoms with Gasteiger partial charge in [-0.15, -0.1) is 0 Å². The van der Waals surface area contributed by atoms with Gasteiger partial charge in [-0.1, -0.05) is 38.6 Å². The Balaban J connectivity index is 1.38. The van der Waals surface area contributed by atoms with E-state index in [4.69, 9.17) is 4.98 Å². The normalized spacial score (nSPS) is 11.5. The molecule has 188 valence electrons. The molecule has 0 aliphatic heterocycles. The van der Waals surface area contributed by atoms with E-state index in [-0.39, 0.29) is 5.82 Å². The van der Waals surface area contributed by atoms with Crippen LogP contribution in [0, 0.1) is 11.7 Å². The minimum Gasteiger partial charge on any atom is -0.358 e. The molecule has 38 heavy (non-hydrogen) atoms. The topological polar surface area (TPSA) is 95.2 Å². The van der Waals surface area contributed by atoms with Gasteiger partial charge in [-0.3, -0.25) is 10.1 Å². The third kappa shape index (κ3) is 4.52. The van der Waals surface area contributed by atoms with E-state index in [0.29, 0.717) is 23.1 Å². The second kappa shape index (κ2) is 9.55. The summed E-state index contributed by atoms with van der Waals surface area (Å²) in [6, 6.07) is 16.5. The van der Waals surface area contributed by atoms with Gasteiger partial charge in [0.15, 0.2) is 11.5 Å². The molecule has 0 unspecified atom stereocenters. The number of fused-ring (bicyclic) bond motifs is 2. The number of imidazole rings is 1. The summed E-state index contributed by atoms with van der Waals surface area (Å²) in [6.45, 7) is 8.47. The van der Waals surface area contributed by atoms with Crippen molar-refractivity contribution in [3.8, 4) is 33.8 Å². The molecule has 0 aliphatic carbocycles. The second-order valence-corrected chi connectivity index (χ2v) is 9.77. The van der Waals surface area contributed by atoms with Crippen molar-refractivity contribution in [3.63, 3.8) is 0 Å². The highest BCUT2D eigenvalue weighted by Gasteiger charge is 2.17. The number of anilines is 1. The molecular formula is C30H26FN7. The molecule has 6 rings (SSSR count). The molecule has 0 saturated carbocycles. The number of pyridine rings is 2. The van der Waals surface area contributed by atoms with Crippen LogP contribution < -0.4 is 5.32 Å². The standard InChI is InChI=1S/C30H26FN7/c1-17(2)11-18(3)34-23-13-21(15-32-16-23)19-7-8-26-25(14-19)28(38-37-26)30-35-27-24(9-10-33-29(27)36-30)20-5-4-6-22(31)12-20/h4-10,12-17,34H,3,11H2,1-2H3,(H,37,38)(H,33,35,36). The average molecular weight is 504 g/mol. The SMILES string of the molecule is C=C(CC(C)C)Nc1cncc(-c2ccc3[nH]nc(-c4nc5nccc(-c6cccc(F)c6)c5[nH]4)c3c2)c1. The van der Waals surface area contributed by atoms with E-state index in [0.717, 1.165) is 56.5 Å². The fourth-order valence-electron chi connectivity index (χ4n) is 4.71. The summed E-state index contributed by atoms with van der Waals surface area (Å²) in [5.41, 5.74) is 8.23. The van der Waals surface area contributed by atoms with Gasteiger partial charge in [0.05, 0.1) is 22.9 Å². The van der Waals surface area contributed by atoms with Crippen molar-refractivity contribution < 1.29 is 4.39 Å². The minimum atomic E-state index is -0.295. The van der Waals surface area contributed by atoms with E-state index < -0.39 is 0 Å². The fourth-order valence-corrected chi connectivity index (χ4v) is 4.71. The Labute approximate surface area is 218 Å². The molecule has 2 aromatic carbocycles. The molecule has 4 aromatic heterocycles. The summed E-state index contributed by atoms with van der Waals surface area (Å²) in [5.74, 6) is 0.806. The van der Waals surface area contributed by atoms with Gasteiger partial charge >= 0.3 is 0 Å². The Kier molecular flexibility index (Phi) is 5.92. The van der Waals surface area contributed by atoms with E-state index in [9.17, 15) is 4.39 Å². The van der Waals surface area contributed by atoms with Crippen LogP contribution in [-0.2, 0) is 0 Å². The van der Waals surface area contributed by atoms with Crippen molar-refractivity contribution in [1.82, 2.24) is 30.1 Å². The number of halogens is 1. The van der Waals surface area contributed by atoms with Crippen LogP contribution in [0.15, 0.2) is 85.5 Å². The molecule has 6 aromatic rings. The van der Waals surface area contributed by atoms with Crippen LogP contribution in [0.25, 0.3) is 55.8 Å². The highest BCUT2D eigenvalue weighted by Crippen LogP contribution is 2.33. The lowest BCUT2D eigenvalue weighted by molar-refractivity contribution is 0.628. The van der Waals surface area contributed by atoms with Gasteiger partial charge in [-0.25, -0.2) is 14.4 Å². The van der Waals surface area contributed by atoms with Gasteiger partial charge in [0, 0.05) is 34.6 Å². The molecule has 0 amide bonds. The van der Waals surface area contributed by atoms with Crippen molar-refractivity contribution in [2.75, 3.05) is 5.32 Å². The fraction of sp³-hybridized carbons (Fsp3) is 0.133. The van der Waals surface area contributed by atoms with Crippen molar-refractivity contribution in [3.05, 3.63) is 91.3 Å². The van der Waals surface area contributed by atoms with Crippen molar-refractivity contribution >= 4 is 27.8 Å². The number of aromatic nitrogens is 6. The number of hydrogen-bond acceptors (Lipinski definition) is 5. The van der Waals surface area contributed by atoms with Crippen molar-refractivity contribution in [2.24, 2.45) is 5.92 Å². The lowest BCUT2D eigenvalue weighted by Gasteiger charge is -2.12. The number of H-pyrrole nitrogens is 2. The number of aromatic amines is 2. The molecule has 0 bridgehead atoms. The molecule has 0 atom stereocenters. The smallest absolute Gasteiger partial charge is 0.178 e. The molecular weight excluding hydrogens is 477 g/mol. The highest BCUT2D eigenvalue weighted by molar-refractivity contribution is 5.97. The van der Waals surface area contributed by atoms with Crippen LogP contribution in [0.1, 0.15) is 20.3 Å². The summed E-state index contributed by atoms with van der Waals surface area (Å²) in [7, 11) is 0. The van der Waals surface area contributed by atoms with Crippen LogP contribution in [0.5, 0.6) is 0 Å². The highest BCUT2D eigenvalue weighted by atomic mass is 19.1. The lowest BCUT2D eigenvalue weighted by atomic mass is 10.0. The molecule has 0 aliphatic rings. The van der Waals surface area contributed by atoms with E-state index in [1.54, 1.807) is 18.5 Å². The summed E-state index contributed by atoms with van der Waals surface area (Å²) in [6.07, 6.45) is 6.21. The Morgan fingerprint density at radius 3 is 2.76 bits per heavy atom. The van der Waals surface area contributed by atoms with E-state index >= 15 is 0 Å². The third-order valence-electron chi connectivity index (χ3n) is 6.36. The van der Waals surface area contributed by atoms with Gasteiger partial charge < -0.3 is 10.3 Å². The number of nitrogens with one attached hydrogen (secondary N) is 3. The maximum absolute atomic E-state index is 13.9. The summed E-state index contributed by atoms with van der Waals surface area (Å²) in [5, 5.41) is 11.9. The van der Waals surface area contributed by atoms with Crippen LogP contribution >= 0.6 is 0 Å². The third-order valence-corrected chi connectivity index (χ3v) is 6.36. The minimum absolute atomic E-state index is 0.295. The number of benzene rings is 2. The van der Waals surface area contributed by atoms with Crippen LogP contribution in [-0.4, -0.2) is 30.1 Å². The van der Waals surface area contributed by atoms with Gasteiger partial charge in [-0.05, 0) is 59.9 Å². The van der Waals surface area contributed by atoms with Gasteiger partial charge in [-0.2, -0.15) is 5.10 Å². The quantitative estimate of drug-likeness (QED) is 0.212. The molecule has 8 heteroatoms. The average Bonchev–Trinajstić information content (AvgIpc) is 3.52. The van der Waals surface area contributed by atoms with Crippen LogP contribution in [0.2, 0.25) is 0 Å². The van der Waals surface area contributed by atoms with Gasteiger partial charge in [0.2, 0.25) is 0 Å². The van der Waals surface area contributed by atoms with Crippen molar-refractivity contribution in [1.29, 1.82) is 0 Å². The summed E-state index contributed by atoms with van der Waals surface area (Å²) >= 11 is 0. The maximum Gasteiger partial charge on any atom is 0.178 e. The predicted molar refractivity (Wildman–Crippen MR) is 150 cm³/mol. The Morgan fingerprint density at radius 1 is 1.03 bits per heavy atom. The predicted octanol–water partition coefficient (Wildman–Crippen LogP) is 7.34. The Morgan fingerprint density at radius 2 is 1.92 bits per heavy atom. The Hall–Kier alpha value is -4.85. The number of nitrogens with zero attached hydrogens (tertiary/aromatic N) is 4. The number of allylic oxidation sites excluding steroid dienone is 1. The number of hydrogen-bond donors (Lipinski definition) is 3. The Bertz CT molecular complexity index is 1800. The first-order chi connectivity index (χ1) is 18.4. The zero-order chi connectivity index (χ0) is 26.2. The van der Waals surface area contributed by atoms with Gasteiger partial charge in [0.1, 0.15) is 11.5 Å². The van der Waals surface area contributed by atoms with E-state index in [2.05, 4.69) is 63.0 Å². The molecule has 0 saturated heterocycles. The summed E-state index contributed by atoms with van der Waals surface area (Å²) in [4.78, 5) is 16.9. The van der Waals surface area contributed by atoms with Crippen LogP contribution in [0.4, 0.5) is 10.1 Å². The molecule has 3 N–H and O–H groups in total. The summed E-state index contributed by atoms with van der Waals surface area (Å²) < 4.78 is 13.9. The maximum atomic E-state index is 13.9. The molecule has 4 heterocycles. The monoisotopic (exact) mass is 503 g/mol. The lowest BCUT2D eigenvalue weighted by Crippen LogP contribution is -2.02. The zero-order valence-electron chi connectivity index (χ0n) is 21.1. The van der Waals surface area contributed by atoms with E-state index in [1.807, 2.05) is 30.5 Å². The first-order valence-corrected chi connectivity index (χ1v) is 12.4. The number of rotatable bonds is 7. The van der Waals surface area contributed by atoms with Crippen molar-refractivity contribution in [2.45, 2.75) is 20.3 Å². The molecule has 0 fully saturated rings. The first kappa shape index (κ1) is 23.5. The zero-order valence-corrected chi connectivity index (χ0v) is 21.1. The largest absolute Gasteiger partial charge is 0.358 e. The van der Waals surface area contributed by atoms with Gasteiger partial charge in [0.25, 0.3) is 0 Å². The first-order valence-electron chi connectivity index (χ1n) is 12.4. The molecule has 0 spiro atoms. The van der Waals surface area contributed by atoms with E-state index in [1.165, 1.54) is 12.1 Å².